The van der Waals surface area contributed by atoms with Gasteiger partial charge < -0.3 is 1.43 Å². The molecule has 1 N–H and O–H groups in total. The minimum Gasteiger partial charge on any atom is -1.00 e. The van der Waals surface area contributed by atoms with E-state index in [1.165, 1.54) is 16.3 Å². The molecule has 2 heterocycles. The van der Waals surface area contributed by atoms with Crippen LogP contribution in [0.4, 0.5) is 4.39 Å². The van der Waals surface area contributed by atoms with Gasteiger partial charge in [-0.25, -0.2) is 0 Å². The first-order chi connectivity index (χ1) is 14.2. The van der Waals surface area contributed by atoms with Crippen LogP contribution < -0.4 is 29.6 Å². The molecule has 160 valence electrons. The van der Waals surface area contributed by atoms with Crippen LogP contribution >= 0.6 is 67.8 Å². The van der Waals surface area contributed by atoms with Crippen LogP contribution in [0.3, 0.4) is 0 Å². The molecule has 0 aliphatic carbocycles. The molecule has 0 bridgehead atoms. The fourth-order valence-corrected chi connectivity index (χ4v) is 3.64. The van der Waals surface area contributed by atoms with Gasteiger partial charge in [0.05, 0.1) is 19.6 Å². The second-order valence-electron chi connectivity index (χ2n) is 6.41. The van der Waals surface area contributed by atoms with Gasteiger partial charge in [0, 0.05) is 20.7 Å². The third-order valence-corrected chi connectivity index (χ3v) is 5.09. The summed E-state index contributed by atoms with van der Waals surface area (Å²) in [5, 5.41) is 13.9. The molecule has 0 saturated carbocycles. The Morgan fingerprint density at radius 2 is 1.53 bits per heavy atom. The van der Waals surface area contributed by atoms with Gasteiger partial charge in [0.15, 0.2) is 0 Å². The van der Waals surface area contributed by atoms with Crippen LogP contribution in [-0.4, -0.2) is 31.1 Å². The van der Waals surface area contributed by atoms with Crippen molar-refractivity contribution in [3.05, 3.63) is 55.9 Å². The molecule has 0 aliphatic heterocycles. The molecule has 0 atom stereocenters. The molecule has 4 aromatic rings. The van der Waals surface area contributed by atoms with Crippen LogP contribution in [0.15, 0.2) is 48.5 Å². The molecule has 2 aromatic heterocycles. The second kappa shape index (κ2) is 16.2. The fraction of sp³-hybridized carbons (Fsp3) is 0.333. The Kier molecular flexibility index (Phi) is 15.4. The molecular formula is C21H27FI3N4Na. The molecule has 4 rings (SSSR count). The molecule has 2 aromatic carbocycles. The zero-order valence-corrected chi connectivity index (χ0v) is 26.3. The van der Waals surface area contributed by atoms with E-state index in [9.17, 15) is 4.39 Å². The van der Waals surface area contributed by atoms with Gasteiger partial charge >= 0.3 is 29.6 Å². The van der Waals surface area contributed by atoms with Crippen LogP contribution in [0, 0.1) is 7.40 Å². The third-order valence-electron chi connectivity index (χ3n) is 3.47. The zero-order chi connectivity index (χ0) is 22.7. The number of para-hydroxylation sites is 2. The number of hydrogen-bond acceptors (Lipinski definition) is 2. The maximum Gasteiger partial charge on any atom is 1.00 e. The normalized spacial score (nSPS) is 10.3. The van der Waals surface area contributed by atoms with Gasteiger partial charge in [0.1, 0.15) is 7.40 Å². The van der Waals surface area contributed by atoms with E-state index in [0.29, 0.717) is 6.04 Å². The van der Waals surface area contributed by atoms with Crippen molar-refractivity contribution < 1.29 is 36.7 Å². The average Bonchev–Trinajstić information content (AvgIpc) is 3.24. The van der Waals surface area contributed by atoms with Gasteiger partial charge in [-0.15, -0.1) is 0 Å². The number of rotatable bonds is 1. The van der Waals surface area contributed by atoms with Gasteiger partial charge in [-0.3, -0.25) is 14.2 Å². The first-order valence-electron chi connectivity index (χ1n) is 9.64. The number of aromatic nitrogens is 4. The molecule has 0 radical (unpaired) electrons. The summed E-state index contributed by atoms with van der Waals surface area (Å²) in [5.41, 5.74) is 2.26. The maximum absolute atomic E-state index is 9.96. The molecule has 4 nitrogen and oxygen atoms in total. The molecule has 9 heteroatoms. The molecule has 0 unspecified atom stereocenters. The van der Waals surface area contributed by atoms with E-state index in [1.54, 1.807) is 0 Å². The van der Waals surface area contributed by atoms with E-state index in [1.807, 2.05) is 18.2 Å². The number of hydrogen-bond donors (Lipinski definition) is 1. The number of H-pyrrole nitrogens is 1. The number of halogens is 4. The van der Waals surface area contributed by atoms with Crippen LogP contribution in [0.2, 0.25) is 0 Å². The summed E-state index contributed by atoms with van der Waals surface area (Å²) in [6, 6.07) is 16.8. The Morgan fingerprint density at radius 3 is 2.07 bits per heavy atom. The predicted molar refractivity (Wildman–Crippen MR) is 149 cm³/mol. The van der Waals surface area contributed by atoms with Gasteiger partial charge in [-0.1, -0.05) is 72.8 Å². The van der Waals surface area contributed by atoms with E-state index in [4.69, 9.17) is 1.37 Å². The van der Waals surface area contributed by atoms with Gasteiger partial charge in [-0.2, -0.15) is 10.2 Å². The van der Waals surface area contributed by atoms with Crippen molar-refractivity contribution in [2.75, 3.05) is 7.15 Å². The van der Waals surface area contributed by atoms with E-state index < -0.39 is 7.15 Å². The summed E-state index contributed by atoms with van der Waals surface area (Å²) in [6.07, 6.45) is 0. The predicted octanol–water partition coefficient (Wildman–Crippen LogP) is 4.92. The summed E-state index contributed by atoms with van der Waals surface area (Å²) in [5.74, 6) is 0. The molecule has 0 saturated heterocycles. The van der Waals surface area contributed by atoms with Crippen molar-refractivity contribution in [1.29, 1.82) is 0 Å². The SMILES string of the molecule is CC(C)I.CC(C)n1nc(I)c2ccccc21.Ic1[nH]nc2ccccc12.[2H]CF.[H-].[Na+]. The molecule has 0 fully saturated rings. The summed E-state index contributed by atoms with van der Waals surface area (Å²) in [7, 11) is -1.00. The standard InChI is InChI=1S/C10H11IN2.C7H5IN2.C3H7I.CH3F.Na.H/c1-7(2)13-9-6-4-3-5-8(9)10(11)12-13;8-7-5-3-1-2-4-6(5)9-10-7;1-3(2)4;1-2;;/h3-7H,1-2H3;1-4H,(H,9,10);3H,1-2H3;1H3;;/q;;;;+1;-1/i;;;1D;;. The third kappa shape index (κ3) is 9.55. The quantitative estimate of drug-likeness (QED) is 0.170. The van der Waals surface area contributed by atoms with Crippen molar-refractivity contribution in [1.82, 2.24) is 20.0 Å². The smallest absolute Gasteiger partial charge is 1.00 e. The topological polar surface area (TPSA) is 46.5 Å². The van der Waals surface area contributed by atoms with Gasteiger partial charge in [-0.05, 0) is 71.2 Å². The minimum atomic E-state index is -1.00. The first kappa shape index (κ1) is 28.5. The Bertz CT molecular complexity index is 1030. The van der Waals surface area contributed by atoms with Gasteiger partial charge in [0.2, 0.25) is 0 Å². The van der Waals surface area contributed by atoms with E-state index in [2.05, 4.69) is 146 Å². The van der Waals surface area contributed by atoms with Crippen molar-refractivity contribution in [2.45, 2.75) is 37.7 Å². The summed E-state index contributed by atoms with van der Waals surface area (Å²) >= 11 is 6.86. The average molecular weight is 759 g/mol. The zero-order valence-electron chi connectivity index (χ0n) is 19.8. The van der Waals surface area contributed by atoms with Crippen molar-refractivity contribution in [3.63, 3.8) is 0 Å². The monoisotopic (exact) mass is 759 g/mol. The number of fused-ring (bicyclic) bond motifs is 2. The number of alkyl halides is 2. The van der Waals surface area contributed by atoms with Crippen molar-refractivity contribution in [3.8, 4) is 0 Å². The maximum atomic E-state index is 9.96. The summed E-state index contributed by atoms with van der Waals surface area (Å²) in [4.78, 5) is 0. The first-order valence-corrected chi connectivity index (χ1v) is 12.3. The summed E-state index contributed by atoms with van der Waals surface area (Å²) in [6.45, 7) is 8.60. The number of nitrogens with zero attached hydrogens (tertiary/aromatic N) is 3. The van der Waals surface area contributed by atoms with Crippen LogP contribution in [-0.2, 0) is 0 Å². The van der Waals surface area contributed by atoms with Crippen molar-refractivity contribution >= 4 is 89.6 Å². The fourth-order valence-electron chi connectivity index (χ4n) is 2.37. The Balaban J connectivity index is 0. The number of aromatic amines is 1. The van der Waals surface area contributed by atoms with Crippen LogP contribution in [0.1, 0.15) is 36.5 Å². The van der Waals surface area contributed by atoms with E-state index in [0.717, 1.165) is 16.8 Å². The number of nitrogens with one attached hydrogen (secondary N) is 1. The largest absolute Gasteiger partial charge is 1.00 e. The molecule has 0 amide bonds. The number of benzene rings is 2. The summed E-state index contributed by atoms with van der Waals surface area (Å²) < 4.78 is 20.6. The molecule has 30 heavy (non-hydrogen) atoms. The Labute approximate surface area is 244 Å². The molecule has 0 spiro atoms. The molecular weight excluding hydrogens is 731 g/mol. The Hall–Kier alpha value is 0.500. The second-order valence-corrected chi connectivity index (χ2v) is 11.0. The van der Waals surface area contributed by atoms with Crippen molar-refractivity contribution in [2.24, 2.45) is 0 Å². The molecule has 0 aliphatic rings. The van der Waals surface area contributed by atoms with Gasteiger partial charge in [0.25, 0.3) is 0 Å². The van der Waals surface area contributed by atoms with Crippen LogP contribution in [0.25, 0.3) is 21.8 Å². The van der Waals surface area contributed by atoms with Crippen LogP contribution in [0.5, 0.6) is 0 Å². The van der Waals surface area contributed by atoms with E-state index >= 15 is 0 Å². The minimum absolute atomic E-state index is 0. The van der Waals surface area contributed by atoms with E-state index in [-0.39, 0.29) is 31.0 Å². The Morgan fingerprint density at radius 1 is 1.03 bits per heavy atom.